The average Bonchev–Trinajstić information content (AvgIpc) is 2.82. The van der Waals surface area contributed by atoms with E-state index in [4.69, 9.17) is 0 Å². The van der Waals surface area contributed by atoms with E-state index in [1.165, 1.54) is 32.4 Å². The Bertz CT molecular complexity index is 331. The lowest BCUT2D eigenvalue weighted by Crippen LogP contribution is -2.35. The Kier molecular flexibility index (Phi) is 2.69. The molecular weight excluding hydrogens is 200 g/mol. The van der Waals surface area contributed by atoms with E-state index in [1.54, 1.807) is 0 Å². The predicted molar refractivity (Wildman–Crippen MR) is 63.1 cm³/mol. The monoisotopic (exact) mass is 220 g/mol. The molecule has 16 heavy (non-hydrogen) atoms. The number of H-pyrrole nitrogens is 1. The van der Waals surface area contributed by atoms with Crippen molar-refractivity contribution in [1.82, 2.24) is 20.2 Å². The molecule has 2 heterocycles. The second-order valence-corrected chi connectivity index (χ2v) is 5.07. The molecule has 0 radical (unpaired) electrons. The van der Waals surface area contributed by atoms with Crippen molar-refractivity contribution in [3.8, 4) is 0 Å². The highest BCUT2D eigenvalue weighted by molar-refractivity contribution is 4.97. The van der Waals surface area contributed by atoms with Crippen LogP contribution in [-0.4, -0.2) is 40.0 Å². The zero-order chi connectivity index (χ0) is 11.0. The number of nitrogens with one attached hydrogen (secondary N) is 2. The molecule has 2 unspecified atom stereocenters. The smallest absolute Gasteiger partial charge is 0.122 e. The van der Waals surface area contributed by atoms with Gasteiger partial charge in [-0.05, 0) is 26.2 Å². The van der Waals surface area contributed by atoms with Gasteiger partial charge in [-0.15, -0.1) is 0 Å². The van der Waals surface area contributed by atoms with Gasteiger partial charge in [-0.25, -0.2) is 4.98 Å². The fourth-order valence-corrected chi connectivity index (χ4v) is 2.64. The molecule has 0 amide bonds. The number of likely N-dealkylation sites (tertiary alicyclic amines) is 1. The van der Waals surface area contributed by atoms with Crippen molar-refractivity contribution in [3.63, 3.8) is 0 Å². The van der Waals surface area contributed by atoms with E-state index in [0.29, 0.717) is 12.1 Å². The van der Waals surface area contributed by atoms with Crippen molar-refractivity contribution in [1.29, 1.82) is 0 Å². The first-order valence-electron chi connectivity index (χ1n) is 6.32. The highest BCUT2D eigenvalue weighted by Gasteiger charge is 2.34. The van der Waals surface area contributed by atoms with Crippen LogP contribution in [0.1, 0.15) is 38.1 Å². The number of aromatic nitrogens is 2. The van der Waals surface area contributed by atoms with Crippen molar-refractivity contribution >= 4 is 0 Å². The highest BCUT2D eigenvalue weighted by atomic mass is 15.2. The van der Waals surface area contributed by atoms with Crippen LogP contribution in [-0.2, 0) is 0 Å². The number of nitrogens with zero attached hydrogens (tertiary/aromatic N) is 2. The number of hydrogen-bond donors (Lipinski definition) is 2. The van der Waals surface area contributed by atoms with E-state index in [9.17, 15) is 0 Å². The van der Waals surface area contributed by atoms with Gasteiger partial charge in [0.2, 0.25) is 0 Å². The molecular formula is C12H20N4. The van der Waals surface area contributed by atoms with Gasteiger partial charge in [0.25, 0.3) is 0 Å². The molecule has 0 bridgehead atoms. The molecule has 1 saturated carbocycles. The minimum atomic E-state index is 0.333. The van der Waals surface area contributed by atoms with Crippen molar-refractivity contribution < 1.29 is 0 Å². The van der Waals surface area contributed by atoms with Crippen LogP contribution in [0.4, 0.5) is 0 Å². The second kappa shape index (κ2) is 4.18. The summed E-state index contributed by atoms with van der Waals surface area (Å²) in [5, 5.41) is 3.66. The zero-order valence-electron chi connectivity index (χ0n) is 9.82. The molecule has 1 aromatic rings. The maximum absolute atomic E-state index is 4.29. The minimum Gasteiger partial charge on any atom is -0.347 e. The SMILES string of the molecule is CC(NC1CCN(C2CC2)C1)c1ncc[nH]1. The van der Waals surface area contributed by atoms with E-state index >= 15 is 0 Å². The quantitative estimate of drug-likeness (QED) is 0.804. The summed E-state index contributed by atoms with van der Waals surface area (Å²) >= 11 is 0. The number of hydrogen-bond acceptors (Lipinski definition) is 3. The molecule has 3 rings (SSSR count). The molecule has 1 saturated heterocycles. The topological polar surface area (TPSA) is 44.0 Å². The van der Waals surface area contributed by atoms with Gasteiger partial charge >= 0.3 is 0 Å². The maximum Gasteiger partial charge on any atom is 0.122 e. The van der Waals surface area contributed by atoms with Crippen LogP contribution in [0, 0.1) is 0 Å². The Morgan fingerprint density at radius 2 is 2.38 bits per heavy atom. The molecule has 1 aromatic heterocycles. The first kappa shape index (κ1) is 10.3. The molecule has 4 nitrogen and oxygen atoms in total. The third-order valence-electron chi connectivity index (χ3n) is 3.70. The Labute approximate surface area is 96.4 Å². The normalized spacial score (nSPS) is 28.4. The third kappa shape index (κ3) is 2.13. The lowest BCUT2D eigenvalue weighted by Gasteiger charge is -2.19. The molecule has 88 valence electrons. The third-order valence-corrected chi connectivity index (χ3v) is 3.70. The lowest BCUT2D eigenvalue weighted by molar-refractivity contribution is 0.313. The molecule has 2 atom stereocenters. The van der Waals surface area contributed by atoms with Crippen LogP contribution < -0.4 is 5.32 Å². The molecule has 1 aliphatic heterocycles. The van der Waals surface area contributed by atoms with Crippen LogP contribution in [0.3, 0.4) is 0 Å². The summed E-state index contributed by atoms with van der Waals surface area (Å²) in [4.78, 5) is 10.1. The highest BCUT2D eigenvalue weighted by Crippen LogP contribution is 2.30. The summed E-state index contributed by atoms with van der Waals surface area (Å²) in [6.45, 7) is 4.67. The maximum atomic E-state index is 4.29. The summed E-state index contributed by atoms with van der Waals surface area (Å²) in [5.74, 6) is 1.05. The second-order valence-electron chi connectivity index (χ2n) is 5.07. The van der Waals surface area contributed by atoms with Gasteiger partial charge < -0.3 is 10.3 Å². The van der Waals surface area contributed by atoms with Gasteiger partial charge in [-0.1, -0.05) is 0 Å². The first-order chi connectivity index (χ1) is 7.83. The summed E-state index contributed by atoms with van der Waals surface area (Å²) < 4.78 is 0. The number of rotatable bonds is 4. The Hall–Kier alpha value is -0.870. The molecule has 2 fully saturated rings. The summed E-state index contributed by atoms with van der Waals surface area (Å²) in [6, 6.07) is 1.88. The van der Waals surface area contributed by atoms with Crippen molar-refractivity contribution in [2.45, 2.75) is 44.3 Å². The lowest BCUT2D eigenvalue weighted by atomic mass is 10.2. The van der Waals surface area contributed by atoms with Crippen LogP contribution in [0.5, 0.6) is 0 Å². The summed E-state index contributed by atoms with van der Waals surface area (Å²) in [6.07, 6.45) is 7.82. The standard InChI is InChI=1S/C12H20N4/c1-9(12-13-5-6-14-12)15-10-4-7-16(8-10)11-2-3-11/h5-6,9-11,15H,2-4,7-8H2,1H3,(H,13,14). The van der Waals surface area contributed by atoms with Gasteiger partial charge in [0.1, 0.15) is 5.82 Å². The molecule has 0 aromatic carbocycles. The minimum absolute atomic E-state index is 0.333. The van der Waals surface area contributed by atoms with E-state index in [-0.39, 0.29) is 0 Å². The van der Waals surface area contributed by atoms with Gasteiger partial charge in [0.15, 0.2) is 0 Å². The fraction of sp³-hybridized carbons (Fsp3) is 0.750. The first-order valence-corrected chi connectivity index (χ1v) is 6.32. The van der Waals surface area contributed by atoms with Gasteiger partial charge in [0, 0.05) is 37.6 Å². The number of imidazole rings is 1. The van der Waals surface area contributed by atoms with E-state index < -0.39 is 0 Å². The van der Waals surface area contributed by atoms with Crippen LogP contribution in [0.15, 0.2) is 12.4 Å². The van der Waals surface area contributed by atoms with Gasteiger partial charge in [-0.2, -0.15) is 0 Å². The summed E-state index contributed by atoms with van der Waals surface area (Å²) in [7, 11) is 0. The fourth-order valence-electron chi connectivity index (χ4n) is 2.64. The van der Waals surface area contributed by atoms with E-state index in [1.807, 2.05) is 12.4 Å². The van der Waals surface area contributed by atoms with Gasteiger partial charge in [0.05, 0.1) is 6.04 Å². The Morgan fingerprint density at radius 3 is 3.06 bits per heavy atom. The summed E-state index contributed by atoms with van der Waals surface area (Å²) in [5.41, 5.74) is 0. The Balaban J connectivity index is 1.51. The largest absolute Gasteiger partial charge is 0.347 e. The van der Waals surface area contributed by atoms with Crippen LogP contribution in [0.25, 0.3) is 0 Å². The zero-order valence-corrected chi connectivity index (χ0v) is 9.82. The van der Waals surface area contributed by atoms with Crippen molar-refractivity contribution in [2.24, 2.45) is 0 Å². The average molecular weight is 220 g/mol. The Morgan fingerprint density at radius 1 is 1.50 bits per heavy atom. The van der Waals surface area contributed by atoms with Crippen molar-refractivity contribution in [3.05, 3.63) is 18.2 Å². The van der Waals surface area contributed by atoms with Gasteiger partial charge in [-0.3, -0.25) is 4.90 Å². The van der Waals surface area contributed by atoms with Crippen LogP contribution in [0.2, 0.25) is 0 Å². The molecule has 2 N–H and O–H groups in total. The molecule has 2 aliphatic rings. The number of aromatic amines is 1. The molecule has 4 heteroatoms. The molecule has 0 spiro atoms. The predicted octanol–water partition coefficient (Wildman–Crippen LogP) is 1.30. The molecule has 1 aliphatic carbocycles. The van der Waals surface area contributed by atoms with Crippen LogP contribution >= 0.6 is 0 Å². The van der Waals surface area contributed by atoms with Crippen molar-refractivity contribution in [2.75, 3.05) is 13.1 Å². The van der Waals surface area contributed by atoms with E-state index in [0.717, 1.165) is 11.9 Å². The van der Waals surface area contributed by atoms with E-state index in [2.05, 4.69) is 27.1 Å².